The molecule has 0 N–H and O–H groups in total. The molecule has 6 nitrogen and oxygen atoms in total. The fourth-order valence-electron chi connectivity index (χ4n) is 2.96. The lowest BCUT2D eigenvalue weighted by molar-refractivity contribution is -0.335. The molecule has 0 bridgehead atoms. The van der Waals surface area contributed by atoms with Crippen LogP contribution < -0.4 is 0 Å². The van der Waals surface area contributed by atoms with Crippen LogP contribution >= 0.6 is 11.8 Å². The molecule has 6 unspecified atom stereocenters. The van der Waals surface area contributed by atoms with Crippen LogP contribution in [0, 0.1) is 0 Å². The van der Waals surface area contributed by atoms with Crippen molar-refractivity contribution in [3.63, 3.8) is 0 Å². The van der Waals surface area contributed by atoms with Gasteiger partial charge in [0.1, 0.15) is 29.9 Å². The van der Waals surface area contributed by atoms with Crippen molar-refractivity contribution in [1.82, 2.24) is 0 Å². The van der Waals surface area contributed by atoms with Crippen molar-refractivity contribution in [2.45, 2.75) is 110 Å². The summed E-state index contributed by atoms with van der Waals surface area (Å²) in [5.74, 6) is 0. The summed E-state index contributed by atoms with van der Waals surface area (Å²) in [7, 11) is 0. The van der Waals surface area contributed by atoms with Crippen LogP contribution in [0.25, 0.3) is 0 Å². The van der Waals surface area contributed by atoms with Crippen LogP contribution in [0.2, 0.25) is 0 Å². The summed E-state index contributed by atoms with van der Waals surface area (Å²) in [4.78, 5) is 0. The average Bonchev–Trinajstić information content (AvgIpc) is 2.57. The van der Waals surface area contributed by atoms with Gasteiger partial charge >= 0.3 is 0 Å². The van der Waals surface area contributed by atoms with Crippen LogP contribution in [0.3, 0.4) is 0 Å². The zero-order valence-corrected chi connectivity index (χ0v) is 19.3. The van der Waals surface area contributed by atoms with E-state index in [0.717, 1.165) is 0 Å². The highest BCUT2D eigenvalue weighted by molar-refractivity contribution is 7.99. The Morgan fingerprint density at radius 1 is 0.815 bits per heavy atom. The number of thioether (sulfide) groups is 1. The number of rotatable bonds is 12. The van der Waals surface area contributed by atoms with Crippen molar-refractivity contribution in [1.29, 1.82) is 0 Å². The summed E-state index contributed by atoms with van der Waals surface area (Å²) in [6.07, 6.45) is 0.340. The Kier molecular flexibility index (Phi) is 11.8. The molecular weight excluding hydrogens is 368 g/mol. The van der Waals surface area contributed by atoms with Crippen molar-refractivity contribution in [2.24, 2.45) is 0 Å². The standard InChI is InChI=1S/C20H40O6S/c1-10-21-18-17(25-15(8)27-9)16(11-22-12(2)3)26-20(24-14(6)7)19(18)23-13(4)5/h12-20H,10-11H2,1-9H3. The van der Waals surface area contributed by atoms with Crippen molar-refractivity contribution < 1.29 is 28.4 Å². The molecule has 1 aliphatic rings. The first-order valence-electron chi connectivity index (χ1n) is 10.1. The molecule has 1 rings (SSSR count). The van der Waals surface area contributed by atoms with Gasteiger partial charge in [-0.05, 0) is 61.6 Å². The zero-order chi connectivity index (χ0) is 20.6. The third-order valence-electron chi connectivity index (χ3n) is 4.06. The van der Waals surface area contributed by atoms with Crippen LogP contribution in [-0.4, -0.2) is 73.9 Å². The fraction of sp³-hybridized carbons (Fsp3) is 1.00. The first kappa shape index (κ1) is 25.1. The second-order valence-electron chi connectivity index (χ2n) is 7.58. The number of ether oxygens (including phenoxy) is 6. The molecule has 27 heavy (non-hydrogen) atoms. The van der Waals surface area contributed by atoms with Gasteiger partial charge in [-0.1, -0.05) is 0 Å². The molecule has 6 atom stereocenters. The predicted molar refractivity (Wildman–Crippen MR) is 109 cm³/mol. The van der Waals surface area contributed by atoms with Crippen LogP contribution in [-0.2, 0) is 28.4 Å². The zero-order valence-electron chi connectivity index (χ0n) is 18.5. The first-order chi connectivity index (χ1) is 12.7. The van der Waals surface area contributed by atoms with Gasteiger partial charge in [0.05, 0.1) is 24.9 Å². The topological polar surface area (TPSA) is 55.4 Å². The third kappa shape index (κ3) is 8.56. The van der Waals surface area contributed by atoms with Crippen LogP contribution in [0.5, 0.6) is 0 Å². The van der Waals surface area contributed by atoms with E-state index in [-0.39, 0.29) is 48.2 Å². The van der Waals surface area contributed by atoms with Gasteiger partial charge in [0, 0.05) is 6.61 Å². The first-order valence-corrected chi connectivity index (χ1v) is 11.4. The number of hydrogen-bond acceptors (Lipinski definition) is 7. The minimum Gasteiger partial charge on any atom is -0.376 e. The highest BCUT2D eigenvalue weighted by atomic mass is 32.2. The minimum absolute atomic E-state index is 0.00444. The molecule has 1 aliphatic heterocycles. The van der Waals surface area contributed by atoms with Crippen LogP contribution in [0.4, 0.5) is 0 Å². The summed E-state index contributed by atoms with van der Waals surface area (Å²) in [5, 5.41) is 0. The van der Waals surface area contributed by atoms with E-state index in [1.807, 2.05) is 61.6 Å². The van der Waals surface area contributed by atoms with E-state index < -0.39 is 6.29 Å². The Morgan fingerprint density at radius 3 is 1.93 bits per heavy atom. The Morgan fingerprint density at radius 2 is 1.44 bits per heavy atom. The second-order valence-corrected chi connectivity index (χ2v) is 8.72. The van der Waals surface area contributed by atoms with Crippen molar-refractivity contribution in [3.8, 4) is 0 Å². The normalized spacial score (nSPS) is 30.4. The summed E-state index contributed by atoms with van der Waals surface area (Å²) >= 11 is 1.65. The number of hydrogen-bond donors (Lipinski definition) is 0. The lowest BCUT2D eigenvalue weighted by Crippen LogP contribution is -2.63. The third-order valence-corrected chi connectivity index (χ3v) is 4.84. The SMILES string of the molecule is CCOC1C(OC(C)SC)C(COC(C)C)OC(OC(C)C)C1OC(C)C. The molecule has 7 heteroatoms. The highest BCUT2D eigenvalue weighted by Gasteiger charge is 2.49. The molecule has 1 fully saturated rings. The van der Waals surface area contributed by atoms with Crippen molar-refractivity contribution >= 4 is 11.8 Å². The van der Waals surface area contributed by atoms with E-state index in [0.29, 0.717) is 13.2 Å². The predicted octanol–water partition coefficient (Wildman–Crippen LogP) is 3.85. The summed E-state index contributed by atoms with van der Waals surface area (Å²) in [6.45, 7) is 17.0. The minimum atomic E-state index is -0.533. The molecule has 0 aromatic rings. The molecule has 0 aromatic carbocycles. The van der Waals surface area contributed by atoms with Crippen molar-refractivity contribution in [2.75, 3.05) is 19.5 Å². The van der Waals surface area contributed by atoms with E-state index in [2.05, 4.69) is 0 Å². The monoisotopic (exact) mass is 408 g/mol. The molecule has 0 saturated carbocycles. The lowest BCUT2D eigenvalue weighted by atomic mass is 9.98. The van der Waals surface area contributed by atoms with E-state index in [9.17, 15) is 0 Å². The Labute approximate surface area is 169 Å². The maximum absolute atomic E-state index is 6.31. The lowest BCUT2D eigenvalue weighted by Gasteiger charge is -2.47. The Balaban J connectivity index is 3.15. The molecule has 0 aromatic heterocycles. The van der Waals surface area contributed by atoms with Gasteiger partial charge in [0.15, 0.2) is 6.29 Å². The Bertz CT molecular complexity index is 393. The molecule has 0 amide bonds. The van der Waals surface area contributed by atoms with Gasteiger partial charge in [-0.2, -0.15) is 0 Å². The maximum Gasteiger partial charge on any atom is 0.187 e. The summed E-state index contributed by atoms with van der Waals surface area (Å²) in [6, 6.07) is 0. The molecular formula is C20H40O6S. The van der Waals surface area contributed by atoms with Crippen LogP contribution in [0.15, 0.2) is 0 Å². The fourth-order valence-corrected chi connectivity index (χ4v) is 3.20. The van der Waals surface area contributed by atoms with E-state index in [1.54, 1.807) is 11.8 Å². The molecule has 1 heterocycles. The molecule has 162 valence electrons. The summed E-state index contributed by atoms with van der Waals surface area (Å²) in [5.41, 5.74) is 0.00498. The van der Waals surface area contributed by atoms with E-state index in [4.69, 9.17) is 28.4 Å². The van der Waals surface area contributed by atoms with Crippen molar-refractivity contribution in [3.05, 3.63) is 0 Å². The van der Waals surface area contributed by atoms with Gasteiger partial charge in [-0.3, -0.25) is 0 Å². The van der Waals surface area contributed by atoms with E-state index in [1.165, 1.54) is 0 Å². The molecule has 0 radical (unpaired) electrons. The van der Waals surface area contributed by atoms with Gasteiger partial charge in [0.2, 0.25) is 0 Å². The largest absolute Gasteiger partial charge is 0.376 e. The quantitative estimate of drug-likeness (QED) is 0.455. The second kappa shape index (κ2) is 12.6. The average molecular weight is 409 g/mol. The molecule has 0 spiro atoms. The molecule has 0 aliphatic carbocycles. The maximum atomic E-state index is 6.31. The van der Waals surface area contributed by atoms with Gasteiger partial charge in [-0.15, -0.1) is 11.8 Å². The van der Waals surface area contributed by atoms with E-state index >= 15 is 0 Å². The van der Waals surface area contributed by atoms with Gasteiger partial charge in [-0.25, -0.2) is 0 Å². The highest BCUT2D eigenvalue weighted by Crippen LogP contribution is 2.32. The summed E-state index contributed by atoms with van der Waals surface area (Å²) < 4.78 is 36.9. The molecule has 1 saturated heterocycles. The smallest absolute Gasteiger partial charge is 0.187 e. The van der Waals surface area contributed by atoms with Gasteiger partial charge in [0.25, 0.3) is 0 Å². The van der Waals surface area contributed by atoms with Crippen LogP contribution in [0.1, 0.15) is 55.4 Å². The Hall–Kier alpha value is 0.110. The van der Waals surface area contributed by atoms with Gasteiger partial charge < -0.3 is 28.4 Å².